The highest BCUT2D eigenvalue weighted by Crippen LogP contribution is 2.32. The van der Waals surface area contributed by atoms with Crippen molar-refractivity contribution in [1.29, 1.82) is 0 Å². The smallest absolute Gasteiger partial charge is 0.219 e. The molecule has 0 saturated heterocycles. The number of allylic oxidation sites excluding steroid dienone is 4. The minimum atomic E-state index is -2.95. The largest absolute Gasteiger partial charge is 0.393 e. The molecule has 0 aromatic rings. The molecule has 0 saturated carbocycles. The summed E-state index contributed by atoms with van der Waals surface area (Å²) in [5.41, 5.74) is -5.80. The predicted molar refractivity (Wildman–Crippen MR) is 223 cm³/mol. The minimum Gasteiger partial charge on any atom is -0.393 e. The van der Waals surface area contributed by atoms with E-state index in [4.69, 9.17) is 0 Å². The van der Waals surface area contributed by atoms with E-state index in [2.05, 4.69) is 38.2 Å². The molecule has 53 heavy (non-hydrogen) atoms. The van der Waals surface area contributed by atoms with E-state index in [1.807, 2.05) is 21.1 Å². The van der Waals surface area contributed by atoms with Gasteiger partial charge < -0.3 is 19.8 Å². The number of aliphatic hydroxyl groups is 3. The summed E-state index contributed by atoms with van der Waals surface area (Å²) in [6.07, 6.45) is 37.7. The summed E-state index contributed by atoms with van der Waals surface area (Å²) in [5, 5.41) is 33.6. The zero-order chi connectivity index (χ0) is 39.7. The van der Waals surface area contributed by atoms with E-state index < -0.39 is 35.2 Å². The fourth-order valence-electron chi connectivity index (χ4n) is 7.02. The molecule has 0 heterocycles. The molecule has 2 atom stereocenters. The first-order valence-electron chi connectivity index (χ1n) is 22.2. The summed E-state index contributed by atoms with van der Waals surface area (Å²) in [6.45, 7) is 3.92. The molecule has 0 aliphatic rings. The second-order valence-corrected chi connectivity index (χ2v) is 16.8. The number of quaternary nitrogens is 1. The first-order valence-corrected chi connectivity index (χ1v) is 22.2. The van der Waals surface area contributed by atoms with Crippen LogP contribution >= 0.6 is 0 Å². The van der Waals surface area contributed by atoms with Gasteiger partial charge in [-0.05, 0) is 64.2 Å². The molecule has 0 fully saturated rings. The van der Waals surface area contributed by atoms with Crippen molar-refractivity contribution in [2.45, 2.75) is 218 Å². The molecule has 7 nitrogen and oxygen atoms in total. The number of carbonyl (C=O) groups is 3. The van der Waals surface area contributed by atoms with Crippen molar-refractivity contribution in [2.75, 3.05) is 34.3 Å². The van der Waals surface area contributed by atoms with Crippen LogP contribution in [0, 0.1) is 0 Å². The Morgan fingerprint density at radius 3 is 1.09 bits per heavy atom. The molecule has 3 N–H and O–H groups in total. The Morgan fingerprint density at radius 2 is 0.755 bits per heavy atom. The van der Waals surface area contributed by atoms with Gasteiger partial charge in [0.2, 0.25) is 5.60 Å². The molecule has 0 rings (SSSR count). The quantitative estimate of drug-likeness (QED) is 0.0250. The van der Waals surface area contributed by atoms with Gasteiger partial charge in [0.05, 0.1) is 34.3 Å². The molecule has 0 aliphatic carbocycles. The van der Waals surface area contributed by atoms with Crippen LogP contribution in [0.2, 0.25) is 0 Å². The van der Waals surface area contributed by atoms with E-state index in [1.54, 1.807) is 0 Å². The van der Waals surface area contributed by atoms with E-state index in [0.717, 1.165) is 77.0 Å². The first kappa shape index (κ1) is 51.3. The van der Waals surface area contributed by atoms with Crippen LogP contribution in [0.15, 0.2) is 24.3 Å². The highest BCUT2D eigenvalue weighted by atomic mass is 16.4. The zero-order valence-corrected chi connectivity index (χ0v) is 35.5. The van der Waals surface area contributed by atoms with Gasteiger partial charge in [-0.25, -0.2) is 0 Å². The Bertz CT molecular complexity index is 985. The topological polar surface area (TPSA) is 112 Å². The van der Waals surface area contributed by atoms with Crippen molar-refractivity contribution in [3.8, 4) is 0 Å². The lowest BCUT2D eigenvalue weighted by molar-refractivity contribution is -0.870. The maximum atomic E-state index is 13.6. The van der Waals surface area contributed by atoms with Crippen molar-refractivity contribution in [2.24, 2.45) is 0 Å². The van der Waals surface area contributed by atoms with Gasteiger partial charge in [-0.1, -0.05) is 141 Å². The van der Waals surface area contributed by atoms with E-state index in [0.29, 0.717) is 30.3 Å². The molecule has 0 amide bonds. The maximum Gasteiger partial charge on any atom is 0.219 e. The van der Waals surface area contributed by atoms with E-state index in [1.165, 1.54) is 77.0 Å². The van der Waals surface area contributed by atoms with Gasteiger partial charge in [0.25, 0.3) is 0 Å². The number of carbonyl (C=O) groups excluding carboxylic acids is 3. The summed E-state index contributed by atoms with van der Waals surface area (Å²) < 4.78 is 0.591. The number of nitrogens with zero attached hydrogens (tertiary/aromatic N) is 1. The van der Waals surface area contributed by atoms with Crippen LogP contribution in [0.4, 0.5) is 0 Å². The molecule has 7 heteroatoms. The standard InChI is InChI=1S/C46H86NO6/c1-6-8-10-12-14-16-18-20-22-24-26-28-30-32-34-37-42(49)45(52,41-48)46(53,44(51)39-36-40-47(3,4)5)43(50)38-35-33-31-29-27-25-23-21-19-17-15-13-11-9-7-2/h20-23,48,52-53H,6-19,24-41H2,1-5H3/q+1/b22-20-,23-21-/t45-,46?/m1/s1. The molecule has 0 aliphatic heterocycles. The fraction of sp³-hybridized carbons (Fsp3) is 0.848. The Kier molecular flexibility index (Phi) is 31.5. The normalized spacial score (nSPS) is 14.6. The van der Waals surface area contributed by atoms with E-state index in [-0.39, 0.29) is 19.3 Å². The molecule has 0 radical (unpaired) electrons. The molecule has 0 bridgehead atoms. The molecule has 1 unspecified atom stereocenters. The lowest BCUT2D eigenvalue weighted by Crippen LogP contribution is -2.69. The summed E-state index contributed by atoms with van der Waals surface area (Å²) in [6, 6.07) is 0. The second kappa shape index (κ2) is 32.6. The first-order chi connectivity index (χ1) is 25.4. The third kappa shape index (κ3) is 24.5. The van der Waals surface area contributed by atoms with Gasteiger partial charge in [-0.15, -0.1) is 0 Å². The summed E-state index contributed by atoms with van der Waals surface area (Å²) in [5.74, 6) is -2.57. The van der Waals surface area contributed by atoms with Gasteiger partial charge >= 0.3 is 0 Å². The monoisotopic (exact) mass is 749 g/mol. The van der Waals surface area contributed by atoms with Crippen molar-refractivity contribution < 1.29 is 34.2 Å². The van der Waals surface area contributed by atoms with E-state index in [9.17, 15) is 29.7 Å². The number of hydrogen-bond donors (Lipinski definition) is 3. The predicted octanol–water partition coefficient (Wildman–Crippen LogP) is 10.7. The van der Waals surface area contributed by atoms with Gasteiger partial charge in [-0.3, -0.25) is 14.4 Å². The van der Waals surface area contributed by atoms with Crippen LogP contribution in [-0.4, -0.2) is 82.6 Å². The number of unbranched alkanes of at least 4 members (excludes halogenated alkanes) is 22. The minimum absolute atomic E-state index is 0.107. The molecule has 0 aromatic carbocycles. The summed E-state index contributed by atoms with van der Waals surface area (Å²) in [7, 11) is 5.95. The molecular formula is C46H86NO6+. The van der Waals surface area contributed by atoms with Gasteiger partial charge in [0.15, 0.2) is 23.0 Å². The Hall–Kier alpha value is -1.67. The lowest BCUT2D eigenvalue weighted by Gasteiger charge is -2.39. The van der Waals surface area contributed by atoms with Crippen molar-refractivity contribution in [3.05, 3.63) is 24.3 Å². The van der Waals surface area contributed by atoms with Crippen molar-refractivity contribution in [1.82, 2.24) is 0 Å². The van der Waals surface area contributed by atoms with Crippen LogP contribution in [-0.2, 0) is 14.4 Å². The van der Waals surface area contributed by atoms with Crippen LogP contribution in [0.1, 0.15) is 206 Å². The number of aliphatic hydroxyl groups excluding tert-OH is 1. The van der Waals surface area contributed by atoms with Gasteiger partial charge in [-0.2, -0.15) is 0 Å². The molecule has 0 spiro atoms. The zero-order valence-electron chi connectivity index (χ0n) is 35.5. The second-order valence-electron chi connectivity index (χ2n) is 16.8. The van der Waals surface area contributed by atoms with Crippen molar-refractivity contribution >= 4 is 17.3 Å². The third-order valence-corrected chi connectivity index (χ3v) is 10.7. The maximum absolute atomic E-state index is 13.6. The van der Waals surface area contributed by atoms with Crippen molar-refractivity contribution in [3.63, 3.8) is 0 Å². The highest BCUT2D eigenvalue weighted by Gasteiger charge is 2.62. The Labute approximate surface area is 327 Å². The van der Waals surface area contributed by atoms with Gasteiger partial charge in [0.1, 0.15) is 0 Å². The molecule has 310 valence electrons. The average molecular weight is 749 g/mol. The van der Waals surface area contributed by atoms with Crippen LogP contribution in [0.25, 0.3) is 0 Å². The summed E-state index contributed by atoms with van der Waals surface area (Å²) >= 11 is 0. The van der Waals surface area contributed by atoms with Crippen LogP contribution < -0.4 is 0 Å². The Morgan fingerprint density at radius 1 is 0.453 bits per heavy atom. The van der Waals surface area contributed by atoms with Gasteiger partial charge in [0, 0.05) is 25.7 Å². The highest BCUT2D eigenvalue weighted by molar-refractivity contribution is 6.16. The molecule has 0 aromatic heterocycles. The van der Waals surface area contributed by atoms with E-state index >= 15 is 0 Å². The number of ketones is 3. The third-order valence-electron chi connectivity index (χ3n) is 10.7. The number of hydrogen-bond acceptors (Lipinski definition) is 6. The number of Topliss-reactive ketones (excluding diaryl/α,β-unsaturated/α-hetero) is 3. The molecular weight excluding hydrogens is 663 g/mol. The average Bonchev–Trinajstić information content (AvgIpc) is 3.13. The lowest BCUT2D eigenvalue weighted by atomic mass is 9.71. The SMILES string of the molecule is CCCCCCCC/C=C\CCCCCCCC(=O)C(O)(C(=O)CCC[N+](C)(C)C)[C@@](O)(CO)C(=O)CCCCCCC/C=C\CCCCCCCC. The number of rotatable bonds is 39. The Balaban J connectivity index is 4.86. The van der Waals surface area contributed by atoms with Crippen LogP contribution in [0.5, 0.6) is 0 Å². The van der Waals surface area contributed by atoms with Crippen LogP contribution in [0.3, 0.4) is 0 Å². The fourth-order valence-corrected chi connectivity index (χ4v) is 7.02. The summed E-state index contributed by atoms with van der Waals surface area (Å²) in [4.78, 5) is 40.6.